The molecule has 1 rings (SSSR count). The van der Waals surface area contributed by atoms with E-state index in [-0.39, 0.29) is 0 Å². The van der Waals surface area contributed by atoms with Crippen LogP contribution in [-0.4, -0.2) is 10.3 Å². The molecule has 0 heterocycles. The molecular formula is C8H9ClN2OS. The van der Waals surface area contributed by atoms with Crippen LogP contribution in [0.4, 0.5) is 4.79 Å². The molecule has 0 aromatic heterocycles. The van der Waals surface area contributed by atoms with E-state index < -0.39 is 6.03 Å². The molecular weight excluding hydrogens is 208 g/mol. The van der Waals surface area contributed by atoms with Crippen molar-refractivity contribution in [2.24, 2.45) is 5.73 Å². The molecule has 2 N–H and O–H groups in total. The van der Waals surface area contributed by atoms with Crippen molar-refractivity contribution < 1.29 is 4.79 Å². The van der Waals surface area contributed by atoms with Gasteiger partial charge in [0.05, 0.1) is 6.54 Å². The molecule has 0 aliphatic heterocycles. The minimum absolute atomic E-state index is 0.371. The van der Waals surface area contributed by atoms with Crippen LogP contribution >= 0.6 is 24.4 Å². The molecule has 0 saturated carbocycles. The smallest absolute Gasteiger partial charge is 0.324 e. The van der Waals surface area contributed by atoms with Crippen molar-refractivity contribution in [2.75, 3.05) is 0 Å². The SMILES string of the molecule is NC(=O)N(S)Cc1ccc(Cl)cc1. The first kappa shape index (κ1) is 10.2. The number of carbonyl (C=O) groups is 1. The van der Waals surface area contributed by atoms with Gasteiger partial charge in [-0.15, -0.1) is 0 Å². The van der Waals surface area contributed by atoms with Crippen LogP contribution in [0.3, 0.4) is 0 Å². The molecule has 0 radical (unpaired) electrons. The van der Waals surface area contributed by atoms with Crippen molar-refractivity contribution in [1.82, 2.24) is 4.31 Å². The topological polar surface area (TPSA) is 46.3 Å². The molecule has 0 aliphatic carbocycles. The normalized spacial score (nSPS) is 9.69. The first-order chi connectivity index (χ1) is 6.09. The van der Waals surface area contributed by atoms with E-state index in [1.54, 1.807) is 12.1 Å². The summed E-state index contributed by atoms with van der Waals surface area (Å²) >= 11 is 9.57. The van der Waals surface area contributed by atoms with Gasteiger partial charge in [0.1, 0.15) is 0 Å². The Labute approximate surface area is 87.0 Å². The third-order valence-electron chi connectivity index (χ3n) is 1.50. The van der Waals surface area contributed by atoms with Gasteiger partial charge in [-0.1, -0.05) is 36.5 Å². The summed E-state index contributed by atoms with van der Waals surface area (Å²) in [5, 5.41) is 0.661. The molecule has 13 heavy (non-hydrogen) atoms. The van der Waals surface area contributed by atoms with Crippen molar-refractivity contribution in [2.45, 2.75) is 6.54 Å². The third-order valence-corrected chi connectivity index (χ3v) is 2.09. The molecule has 0 spiro atoms. The van der Waals surface area contributed by atoms with Gasteiger partial charge in [-0.3, -0.25) is 4.31 Å². The van der Waals surface area contributed by atoms with E-state index in [4.69, 9.17) is 17.3 Å². The van der Waals surface area contributed by atoms with Gasteiger partial charge in [-0.25, -0.2) is 4.79 Å². The van der Waals surface area contributed by atoms with Gasteiger partial charge in [-0.2, -0.15) is 0 Å². The molecule has 0 saturated heterocycles. The standard InChI is InChI=1S/C8H9ClN2OS/c9-7-3-1-6(2-4-7)5-11(13)8(10)12/h1-4,13H,5H2,(H2,10,12). The maximum Gasteiger partial charge on any atom is 0.324 e. The number of benzene rings is 1. The molecule has 0 unspecified atom stereocenters. The number of halogens is 1. The summed E-state index contributed by atoms with van der Waals surface area (Å²) in [6.07, 6.45) is 0. The number of urea groups is 1. The third kappa shape index (κ3) is 3.16. The number of amides is 2. The van der Waals surface area contributed by atoms with Crippen LogP contribution in [0.15, 0.2) is 24.3 Å². The Morgan fingerprint density at radius 3 is 2.46 bits per heavy atom. The van der Waals surface area contributed by atoms with Crippen LogP contribution in [0.2, 0.25) is 5.02 Å². The summed E-state index contributed by atoms with van der Waals surface area (Å²) in [7, 11) is 0. The van der Waals surface area contributed by atoms with Crippen molar-refractivity contribution in [3.8, 4) is 0 Å². The van der Waals surface area contributed by atoms with Gasteiger partial charge < -0.3 is 5.73 Å². The lowest BCUT2D eigenvalue weighted by atomic mass is 10.2. The van der Waals surface area contributed by atoms with Crippen molar-refractivity contribution in [3.63, 3.8) is 0 Å². The van der Waals surface area contributed by atoms with Crippen LogP contribution < -0.4 is 5.73 Å². The Morgan fingerprint density at radius 2 is 2.00 bits per heavy atom. The lowest BCUT2D eigenvalue weighted by Gasteiger charge is -2.11. The van der Waals surface area contributed by atoms with Crippen LogP contribution in [0, 0.1) is 0 Å². The fourth-order valence-electron chi connectivity index (χ4n) is 0.841. The Bertz CT molecular complexity index is 302. The maximum atomic E-state index is 10.6. The summed E-state index contributed by atoms with van der Waals surface area (Å²) in [6.45, 7) is 0.371. The maximum absolute atomic E-state index is 10.6. The van der Waals surface area contributed by atoms with Gasteiger partial charge in [0.15, 0.2) is 0 Å². The molecule has 5 heteroatoms. The second-order valence-electron chi connectivity index (χ2n) is 2.52. The van der Waals surface area contributed by atoms with Crippen molar-refractivity contribution in [3.05, 3.63) is 34.9 Å². The fraction of sp³-hybridized carbons (Fsp3) is 0.125. The zero-order valence-electron chi connectivity index (χ0n) is 6.77. The summed E-state index contributed by atoms with van der Waals surface area (Å²) in [5.41, 5.74) is 5.93. The molecule has 1 aromatic carbocycles. The molecule has 2 amide bonds. The lowest BCUT2D eigenvalue weighted by Crippen LogP contribution is -2.27. The Balaban J connectivity index is 2.64. The fourth-order valence-corrected chi connectivity index (χ4v) is 1.13. The van der Waals surface area contributed by atoms with E-state index in [9.17, 15) is 4.79 Å². The molecule has 0 fully saturated rings. The highest BCUT2D eigenvalue weighted by molar-refractivity contribution is 7.78. The Morgan fingerprint density at radius 1 is 1.46 bits per heavy atom. The zero-order chi connectivity index (χ0) is 9.84. The molecule has 0 aliphatic rings. The molecule has 0 bridgehead atoms. The number of hydrogen-bond donors (Lipinski definition) is 2. The Kier molecular flexibility index (Phi) is 3.45. The summed E-state index contributed by atoms with van der Waals surface area (Å²) in [4.78, 5) is 10.6. The minimum Gasteiger partial charge on any atom is -0.351 e. The van der Waals surface area contributed by atoms with Crippen LogP contribution in [-0.2, 0) is 6.54 Å². The van der Waals surface area contributed by atoms with Gasteiger partial charge in [0.2, 0.25) is 0 Å². The number of thiol groups is 1. The Hall–Kier alpha value is -0.870. The molecule has 70 valence electrons. The quantitative estimate of drug-likeness (QED) is 0.731. The predicted molar refractivity (Wildman–Crippen MR) is 55.6 cm³/mol. The summed E-state index contributed by atoms with van der Waals surface area (Å²) in [5.74, 6) is 0. The highest BCUT2D eigenvalue weighted by Crippen LogP contribution is 2.11. The van der Waals surface area contributed by atoms with E-state index in [2.05, 4.69) is 12.8 Å². The van der Waals surface area contributed by atoms with E-state index in [0.717, 1.165) is 9.87 Å². The van der Waals surface area contributed by atoms with E-state index in [0.29, 0.717) is 11.6 Å². The van der Waals surface area contributed by atoms with Crippen molar-refractivity contribution >= 4 is 30.4 Å². The van der Waals surface area contributed by atoms with E-state index >= 15 is 0 Å². The first-order valence-corrected chi connectivity index (χ1v) is 4.37. The van der Waals surface area contributed by atoms with Gasteiger partial charge >= 0.3 is 6.03 Å². The molecule has 1 aromatic rings. The van der Waals surface area contributed by atoms with Gasteiger partial charge in [0, 0.05) is 5.02 Å². The summed E-state index contributed by atoms with van der Waals surface area (Å²) < 4.78 is 1.13. The number of nitrogens with zero attached hydrogens (tertiary/aromatic N) is 1. The monoisotopic (exact) mass is 216 g/mol. The van der Waals surface area contributed by atoms with Crippen LogP contribution in [0.25, 0.3) is 0 Å². The minimum atomic E-state index is -0.571. The highest BCUT2D eigenvalue weighted by atomic mass is 35.5. The zero-order valence-corrected chi connectivity index (χ0v) is 8.42. The van der Waals surface area contributed by atoms with E-state index in [1.165, 1.54) is 0 Å². The first-order valence-electron chi connectivity index (χ1n) is 3.60. The highest BCUT2D eigenvalue weighted by Gasteiger charge is 2.04. The number of nitrogens with two attached hydrogens (primary N) is 1. The average molecular weight is 217 g/mol. The van der Waals surface area contributed by atoms with Crippen LogP contribution in [0.5, 0.6) is 0 Å². The molecule has 0 atom stereocenters. The van der Waals surface area contributed by atoms with Crippen molar-refractivity contribution in [1.29, 1.82) is 0 Å². The predicted octanol–water partition coefficient (Wildman–Crippen LogP) is 2.07. The van der Waals surface area contributed by atoms with Gasteiger partial charge in [0.25, 0.3) is 0 Å². The average Bonchev–Trinajstić information content (AvgIpc) is 2.08. The number of carbonyl (C=O) groups excluding carboxylic acids is 1. The number of rotatable bonds is 2. The van der Waals surface area contributed by atoms with Crippen LogP contribution in [0.1, 0.15) is 5.56 Å². The number of hydrogen-bond acceptors (Lipinski definition) is 2. The van der Waals surface area contributed by atoms with E-state index in [1.807, 2.05) is 12.1 Å². The summed E-state index contributed by atoms with van der Waals surface area (Å²) in [6, 6.07) is 6.56. The van der Waals surface area contributed by atoms with Gasteiger partial charge in [-0.05, 0) is 17.7 Å². The largest absolute Gasteiger partial charge is 0.351 e. The second kappa shape index (κ2) is 4.39. The second-order valence-corrected chi connectivity index (χ2v) is 3.44. The molecule has 3 nitrogen and oxygen atoms in total. The lowest BCUT2D eigenvalue weighted by molar-refractivity contribution is 0.234. The number of primary amides is 1.